The molecule has 17 heavy (non-hydrogen) atoms. The Morgan fingerprint density at radius 1 is 1.29 bits per heavy atom. The zero-order valence-electron chi connectivity index (χ0n) is 9.94. The van der Waals surface area contributed by atoms with Crippen molar-refractivity contribution >= 4 is 11.5 Å². The molecule has 0 aliphatic carbocycles. The third-order valence-corrected chi connectivity index (χ3v) is 2.36. The lowest BCUT2D eigenvalue weighted by Crippen LogP contribution is -2.03. The molecule has 0 aromatic carbocycles. The predicted octanol–water partition coefficient (Wildman–Crippen LogP) is 3.11. The van der Waals surface area contributed by atoms with Gasteiger partial charge in [0.2, 0.25) is 0 Å². The van der Waals surface area contributed by atoms with Crippen LogP contribution in [-0.4, -0.2) is 11.5 Å². The summed E-state index contributed by atoms with van der Waals surface area (Å²) in [6, 6.07) is 7.78. The average Bonchev–Trinajstić information content (AvgIpc) is 2.87. The van der Waals surface area contributed by atoms with Gasteiger partial charge in [0.15, 0.2) is 0 Å². The molecule has 2 N–H and O–H groups in total. The van der Waals surface area contributed by atoms with Gasteiger partial charge in [-0.3, -0.25) is 0 Å². The van der Waals surface area contributed by atoms with Gasteiger partial charge in [-0.15, -0.1) is 0 Å². The molecule has 0 radical (unpaired) electrons. The smallest absolute Gasteiger partial charge is 0.127 e. The van der Waals surface area contributed by atoms with Crippen LogP contribution in [0.2, 0.25) is 0 Å². The van der Waals surface area contributed by atoms with Crippen LogP contribution >= 0.6 is 0 Å². The van der Waals surface area contributed by atoms with Crippen molar-refractivity contribution in [3.63, 3.8) is 0 Å². The minimum absolute atomic E-state index is 0.685. The van der Waals surface area contributed by atoms with Gasteiger partial charge < -0.3 is 15.1 Å². The highest BCUT2D eigenvalue weighted by Gasteiger charge is 1.98. The van der Waals surface area contributed by atoms with Gasteiger partial charge in [0.25, 0.3) is 0 Å². The number of hydrogen-bond acceptors (Lipinski definition) is 4. The van der Waals surface area contributed by atoms with Crippen LogP contribution in [0.4, 0.5) is 11.5 Å². The van der Waals surface area contributed by atoms with Crippen LogP contribution in [-0.2, 0) is 6.54 Å². The minimum Gasteiger partial charge on any atom is -0.467 e. The van der Waals surface area contributed by atoms with Crippen LogP contribution in [0.1, 0.15) is 19.1 Å². The third-order valence-electron chi connectivity index (χ3n) is 2.36. The van der Waals surface area contributed by atoms with E-state index in [1.165, 1.54) is 0 Å². The fourth-order valence-corrected chi connectivity index (χ4v) is 1.49. The summed E-state index contributed by atoms with van der Waals surface area (Å²) in [6.45, 7) is 3.75. The van der Waals surface area contributed by atoms with Gasteiger partial charge in [-0.1, -0.05) is 6.92 Å². The highest BCUT2D eigenvalue weighted by Crippen LogP contribution is 2.13. The fourth-order valence-electron chi connectivity index (χ4n) is 1.49. The Bertz CT molecular complexity index is 440. The van der Waals surface area contributed by atoms with Crippen LogP contribution in [0.5, 0.6) is 0 Å². The van der Waals surface area contributed by atoms with E-state index in [1.807, 2.05) is 24.3 Å². The molecule has 4 heteroatoms. The SMILES string of the molecule is CCCNc1cc(NCc2ccco2)ccn1. The minimum atomic E-state index is 0.685. The Morgan fingerprint density at radius 3 is 3.00 bits per heavy atom. The van der Waals surface area contributed by atoms with Crippen molar-refractivity contribution < 1.29 is 4.42 Å². The molecule has 0 fully saturated rings. The second kappa shape index (κ2) is 5.94. The number of rotatable bonds is 6. The Morgan fingerprint density at radius 2 is 2.24 bits per heavy atom. The summed E-state index contributed by atoms with van der Waals surface area (Å²) in [5, 5.41) is 6.54. The van der Waals surface area contributed by atoms with E-state index in [2.05, 4.69) is 22.5 Å². The first-order valence-corrected chi connectivity index (χ1v) is 5.84. The lowest BCUT2D eigenvalue weighted by Gasteiger charge is -2.07. The van der Waals surface area contributed by atoms with Crippen molar-refractivity contribution in [2.75, 3.05) is 17.2 Å². The molecule has 0 unspecified atom stereocenters. The lowest BCUT2D eigenvalue weighted by atomic mass is 10.3. The van der Waals surface area contributed by atoms with Gasteiger partial charge in [0, 0.05) is 24.5 Å². The summed E-state index contributed by atoms with van der Waals surface area (Å²) in [5.41, 5.74) is 1.04. The van der Waals surface area contributed by atoms with E-state index in [4.69, 9.17) is 4.42 Å². The van der Waals surface area contributed by atoms with E-state index >= 15 is 0 Å². The summed E-state index contributed by atoms with van der Waals surface area (Å²) in [4.78, 5) is 4.25. The van der Waals surface area contributed by atoms with Crippen molar-refractivity contribution in [1.82, 2.24) is 4.98 Å². The third kappa shape index (κ3) is 3.52. The van der Waals surface area contributed by atoms with Crippen molar-refractivity contribution in [2.45, 2.75) is 19.9 Å². The molecule has 0 bridgehead atoms. The Kier molecular flexibility index (Phi) is 4.02. The molecule has 0 saturated heterocycles. The van der Waals surface area contributed by atoms with Crippen molar-refractivity contribution in [3.8, 4) is 0 Å². The molecule has 2 rings (SSSR count). The average molecular weight is 231 g/mol. The Hall–Kier alpha value is -1.97. The van der Waals surface area contributed by atoms with Crippen LogP contribution in [0.15, 0.2) is 41.1 Å². The highest BCUT2D eigenvalue weighted by molar-refractivity contribution is 5.51. The van der Waals surface area contributed by atoms with Gasteiger partial charge in [0.05, 0.1) is 12.8 Å². The van der Waals surface area contributed by atoms with E-state index in [9.17, 15) is 0 Å². The maximum absolute atomic E-state index is 5.26. The molecule has 90 valence electrons. The summed E-state index contributed by atoms with van der Waals surface area (Å²) in [6.07, 6.45) is 4.56. The molecule has 0 spiro atoms. The van der Waals surface area contributed by atoms with Gasteiger partial charge in [-0.2, -0.15) is 0 Å². The molecular weight excluding hydrogens is 214 g/mol. The van der Waals surface area contributed by atoms with E-state index in [0.717, 1.165) is 30.2 Å². The van der Waals surface area contributed by atoms with Gasteiger partial charge >= 0.3 is 0 Å². The maximum atomic E-state index is 5.26. The molecule has 2 aromatic heterocycles. The number of pyridine rings is 1. The van der Waals surface area contributed by atoms with Crippen molar-refractivity contribution in [3.05, 3.63) is 42.5 Å². The molecule has 2 heterocycles. The molecule has 0 amide bonds. The van der Waals surface area contributed by atoms with E-state index in [1.54, 1.807) is 12.5 Å². The van der Waals surface area contributed by atoms with Crippen molar-refractivity contribution in [2.24, 2.45) is 0 Å². The lowest BCUT2D eigenvalue weighted by molar-refractivity contribution is 0.518. The molecule has 0 aliphatic heterocycles. The first-order valence-electron chi connectivity index (χ1n) is 5.84. The largest absolute Gasteiger partial charge is 0.467 e. The van der Waals surface area contributed by atoms with Gasteiger partial charge in [-0.05, 0) is 24.6 Å². The number of nitrogens with one attached hydrogen (secondary N) is 2. The first-order chi connectivity index (χ1) is 8.38. The standard InChI is InChI=1S/C13H17N3O/c1-2-6-14-13-9-11(5-7-15-13)16-10-12-4-3-8-17-12/h3-5,7-9H,2,6,10H2,1H3,(H2,14,15,16). The monoisotopic (exact) mass is 231 g/mol. The summed E-state index contributed by atoms with van der Waals surface area (Å²) < 4.78 is 5.26. The molecule has 2 aromatic rings. The number of hydrogen-bond donors (Lipinski definition) is 2. The molecule has 0 aliphatic rings. The maximum Gasteiger partial charge on any atom is 0.127 e. The van der Waals surface area contributed by atoms with Crippen LogP contribution in [0.3, 0.4) is 0 Å². The van der Waals surface area contributed by atoms with Gasteiger partial charge in [0.1, 0.15) is 11.6 Å². The van der Waals surface area contributed by atoms with Gasteiger partial charge in [-0.25, -0.2) is 4.98 Å². The molecule has 4 nitrogen and oxygen atoms in total. The number of nitrogens with zero attached hydrogens (tertiary/aromatic N) is 1. The zero-order valence-corrected chi connectivity index (χ0v) is 9.94. The Balaban J connectivity index is 1.91. The normalized spacial score (nSPS) is 10.2. The second-order valence-corrected chi connectivity index (χ2v) is 3.79. The number of anilines is 2. The van der Waals surface area contributed by atoms with Crippen LogP contribution in [0.25, 0.3) is 0 Å². The second-order valence-electron chi connectivity index (χ2n) is 3.79. The van der Waals surface area contributed by atoms with E-state index in [-0.39, 0.29) is 0 Å². The zero-order chi connectivity index (χ0) is 11.9. The first kappa shape index (κ1) is 11.5. The molecule has 0 atom stereocenters. The van der Waals surface area contributed by atoms with Crippen LogP contribution < -0.4 is 10.6 Å². The summed E-state index contributed by atoms with van der Waals surface area (Å²) >= 11 is 0. The summed E-state index contributed by atoms with van der Waals surface area (Å²) in [5.74, 6) is 1.82. The number of aromatic nitrogens is 1. The van der Waals surface area contributed by atoms with E-state index in [0.29, 0.717) is 6.54 Å². The number of furan rings is 1. The summed E-state index contributed by atoms with van der Waals surface area (Å²) in [7, 11) is 0. The quantitative estimate of drug-likeness (QED) is 0.802. The van der Waals surface area contributed by atoms with E-state index < -0.39 is 0 Å². The van der Waals surface area contributed by atoms with Crippen molar-refractivity contribution in [1.29, 1.82) is 0 Å². The molecular formula is C13H17N3O. The highest BCUT2D eigenvalue weighted by atomic mass is 16.3. The molecule has 0 saturated carbocycles. The Labute approximate surface area is 101 Å². The topological polar surface area (TPSA) is 50.1 Å². The predicted molar refractivity (Wildman–Crippen MR) is 69.1 cm³/mol. The van der Waals surface area contributed by atoms with Crippen LogP contribution in [0, 0.1) is 0 Å². The fraction of sp³-hybridized carbons (Fsp3) is 0.308.